The Morgan fingerprint density at radius 1 is 0.897 bits per heavy atom. The lowest BCUT2D eigenvalue weighted by atomic mass is 10.2. The zero-order chi connectivity index (χ0) is 20.6. The third kappa shape index (κ3) is 6.21. The van der Waals surface area contributed by atoms with Gasteiger partial charge < -0.3 is 24.2 Å². The number of ether oxygens (including phenoxy) is 2. The lowest BCUT2D eigenvalue weighted by molar-refractivity contribution is -1.02. The van der Waals surface area contributed by atoms with Crippen molar-refractivity contribution in [1.82, 2.24) is 4.90 Å². The number of carbonyl (C=O) groups excluding carboxylic acids is 1. The molecule has 3 rings (SSSR count). The molecule has 1 fully saturated rings. The summed E-state index contributed by atoms with van der Waals surface area (Å²) in [5.74, 6) is 1.92. The highest BCUT2D eigenvalue weighted by molar-refractivity contribution is 5.76. The van der Waals surface area contributed by atoms with E-state index < -0.39 is 0 Å². The molecule has 0 atom stereocenters. The van der Waals surface area contributed by atoms with Crippen LogP contribution in [-0.4, -0.2) is 64.8 Å². The second kappa shape index (κ2) is 10.3. The fraction of sp³-hybridized carbons (Fsp3) is 0.435. The van der Waals surface area contributed by atoms with Crippen LogP contribution in [0.1, 0.15) is 11.1 Å². The first-order valence-electron chi connectivity index (χ1n) is 10.2. The average Bonchev–Trinajstić information content (AvgIpc) is 2.75. The van der Waals surface area contributed by atoms with Crippen molar-refractivity contribution in [2.45, 2.75) is 13.1 Å². The molecule has 1 amide bonds. The quantitative estimate of drug-likeness (QED) is 0.638. The number of rotatable bonds is 8. The Hall–Kier alpha value is -2.57. The highest BCUT2D eigenvalue weighted by atomic mass is 16.5. The summed E-state index contributed by atoms with van der Waals surface area (Å²) in [7, 11) is 5.23. The molecule has 1 aliphatic heterocycles. The number of benzene rings is 2. The zero-order valence-corrected chi connectivity index (χ0v) is 17.7. The Bertz CT molecular complexity index is 786. The maximum atomic E-state index is 12.7. The van der Waals surface area contributed by atoms with E-state index in [-0.39, 0.29) is 5.91 Å². The molecule has 0 aliphatic carbocycles. The number of carbonyl (C=O) groups is 1. The minimum absolute atomic E-state index is 0.196. The summed E-state index contributed by atoms with van der Waals surface area (Å²) < 4.78 is 10.5. The fourth-order valence-electron chi connectivity index (χ4n) is 3.82. The first kappa shape index (κ1) is 21.1. The average molecular weight is 400 g/mol. The molecule has 0 radical (unpaired) electrons. The van der Waals surface area contributed by atoms with Gasteiger partial charge in [-0.05, 0) is 42.0 Å². The van der Waals surface area contributed by atoms with E-state index in [9.17, 15) is 4.79 Å². The molecule has 1 saturated heterocycles. The largest absolute Gasteiger partial charge is 0.497 e. The summed E-state index contributed by atoms with van der Waals surface area (Å²) >= 11 is 0. The van der Waals surface area contributed by atoms with Crippen LogP contribution >= 0.6 is 0 Å². The van der Waals surface area contributed by atoms with E-state index in [0.29, 0.717) is 13.1 Å². The highest BCUT2D eigenvalue weighted by Crippen LogP contribution is 2.13. The summed E-state index contributed by atoms with van der Waals surface area (Å²) in [6.07, 6.45) is 0. The van der Waals surface area contributed by atoms with E-state index in [1.807, 2.05) is 48.3 Å². The molecule has 0 spiro atoms. The lowest BCUT2D eigenvalue weighted by Gasteiger charge is -2.30. The lowest BCUT2D eigenvalue weighted by Crippen LogP contribution is -3.28. The van der Waals surface area contributed by atoms with Crippen molar-refractivity contribution < 1.29 is 24.1 Å². The first-order valence-corrected chi connectivity index (χ1v) is 10.2. The molecule has 6 heteroatoms. The summed E-state index contributed by atoms with van der Waals surface area (Å²) in [4.78, 5) is 17.4. The predicted molar refractivity (Wildman–Crippen MR) is 112 cm³/mol. The van der Waals surface area contributed by atoms with Gasteiger partial charge in [0.15, 0.2) is 6.54 Å². The molecule has 2 aromatic rings. The van der Waals surface area contributed by atoms with Crippen LogP contribution in [0.25, 0.3) is 0 Å². The SMILES string of the molecule is COc1ccc(C[NH+]2CC[NH+](CC(=O)N(C)Cc3cccc(OC)c3)CC2)cc1. The monoisotopic (exact) mass is 399 g/mol. The number of nitrogens with zero attached hydrogens (tertiary/aromatic N) is 1. The fourth-order valence-corrected chi connectivity index (χ4v) is 3.82. The number of piperazine rings is 1. The molecule has 0 unspecified atom stereocenters. The van der Waals surface area contributed by atoms with Crippen LogP contribution in [0.4, 0.5) is 0 Å². The van der Waals surface area contributed by atoms with Gasteiger partial charge in [-0.15, -0.1) is 0 Å². The van der Waals surface area contributed by atoms with Gasteiger partial charge >= 0.3 is 0 Å². The molecule has 29 heavy (non-hydrogen) atoms. The minimum atomic E-state index is 0.196. The second-order valence-corrected chi connectivity index (χ2v) is 7.80. The van der Waals surface area contributed by atoms with E-state index in [1.54, 1.807) is 19.1 Å². The van der Waals surface area contributed by atoms with Crippen molar-refractivity contribution in [3.63, 3.8) is 0 Å². The summed E-state index contributed by atoms with van der Waals surface area (Å²) in [6.45, 7) is 6.45. The van der Waals surface area contributed by atoms with Crippen molar-refractivity contribution in [3.8, 4) is 11.5 Å². The molecular weight excluding hydrogens is 366 g/mol. The molecule has 1 aliphatic rings. The molecule has 2 aromatic carbocycles. The van der Waals surface area contributed by atoms with Crippen LogP contribution in [0.3, 0.4) is 0 Å². The van der Waals surface area contributed by atoms with Crippen molar-refractivity contribution in [2.24, 2.45) is 0 Å². The van der Waals surface area contributed by atoms with Crippen molar-refractivity contribution in [3.05, 3.63) is 59.7 Å². The third-order valence-electron chi connectivity index (χ3n) is 5.66. The molecule has 156 valence electrons. The van der Waals surface area contributed by atoms with Gasteiger partial charge in [-0.3, -0.25) is 4.79 Å². The van der Waals surface area contributed by atoms with Crippen LogP contribution in [0.5, 0.6) is 11.5 Å². The highest BCUT2D eigenvalue weighted by Gasteiger charge is 2.26. The number of methoxy groups -OCH3 is 2. The van der Waals surface area contributed by atoms with Crippen LogP contribution in [0, 0.1) is 0 Å². The first-order chi connectivity index (χ1) is 14.1. The predicted octanol–water partition coefficient (Wildman–Crippen LogP) is -0.354. The maximum Gasteiger partial charge on any atom is 0.277 e. The third-order valence-corrected chi connectivity index (χ3v) is 5.66. The Kier molecular flexibility index (Phi) is 7.49. The van der Waals surface area contributed by atoms with Crippen LogP contribution in [0.15, 0.2) is 48.5 Å². The van der Waals surface area contributed by atoms with Gasteiger partial charge in [0.2, 0.25) is 0 Å². The van der Waals surface area contributed by atoms with Crippen molar-refractivity contribution in [2.75, 3.05) is 54.0 Å². The Morgan fingerprint density at radius 3 is 2.21 bits per heavy atom. The van der Waals surface area contributed by atoms with E-state index in [2.05, 4.69) is 12.1 Å². The topological polar surface area (TPSA) is 47.7 Å². The standard InChI is InChI=1S/C23H31N3O3/c1-24(16-20-5-4-6-22(15-20)29-3)23(27)18-26-13-11-25(12-14-26)17-19-7-9-21(28-2)10-8-19/h4-10,15H,11-14,16-18H2,1-3H3/p+2. The van der Waals surface area contributed by atoms with Crippen LogP contribution < -0.4 is 19.3 Å². The van der Waals surface area contributed by atoms with Gasteiger partial charge in [0.05, 0.1) is 14.2 Å². The Balaban J connectivity index is 1.42. The normalized spacial score (nSPS) is 18.9. The van der Waals surface area contributed by atoms with E-state index >= 15 is 0 Å². The molecule has 2 N–H and O–H groups in total. The molecular formula is C23H33N3O3+2. The van der Waals surface area contributed by atoms with Crippen LogP contribution in [-0.2, 0) is 17.9 Å². The Labute approximate surface area is 173 Å². The van der Waals surface area contributed by atoms with Gasteiger partial charge in [-0.25, -0.2) is 0 Å². The number of nitrogens with one attached hydrogen (secondary N) is 2. The van der Waals surface area contributed by atoms with Gasteiger partial charge in [-0.1, -0.05) is 12.1 Å². The van der Waals surface area contributed by atoms with E-state index in [4.69, 9.17) is 9.47 Å². The summed E-state index contributed by atoms with van der Waals surface area (Å²) in [5.41, 5.74) is 2.42. The van der Waals surface area contributed by atoms with E-state index in [0.717, 1.165) is 49.8 Å². The van der Waals surface area contributed by atoms with Crippen molar-refractivity contribution >= 4 is 5.91 Å². The summed E-state index contributed by atoms with van der Waals surface area (Å²) in [5, 5.41) is 0. The van der Waals surface area contributed by atoms with Crippen molar-refractivity contribution in [1.29, 1.82) is 0 Å². The zero-order valence-electron chi connectivity index (χ0n) is 17.7. The van der Waals surface area contributed by atoms with E-state index in [1.165, 1.54) is 10.5 Å². The molecule has 0 saturated carbocycles. The number of hydrogen-bond acceptors (Lipinski definition) is 3. The smallest absolute Gasteiger partial charge is 0.277 e. The molecule has 0 bridgehead atoms. The number of likely N-dealkylation sites (N-methyl/N-ethyl adjacent to an activating group) is 1. The summed E-state index contributed by atoms with van der Waals surface area (Å²) in [6, 6.07) is 16.2. The minimum Gasteiger partial charge on any atom is -0.497 e. The van der Waals surface area contributed by atoms with Crippen LogP contribution in [0.2, 0.25) is 0 Å². The number of quaternary nitrogens is 2. The van der Waals surface area contributed by atoms with Gasteiger partial charge in [0.1, 0.15) is 44.2 Å². The molecule has 6 nitrogen and oxygen atoms in total. The number of amides is 1. The maximum absolute atomic E-state index is 12.7. The van der Waals surface area contributed by atoms with Gasteiger partial charge in [-0.2, -0.15) is 0 Å². The molecule has 1 heterocycles. The molecule has 0 aromatic heterocycles. The number of hydrogen-bond donors (Lipinski definition) is 2. The second-order valence-electron chi connectivity index (χ2n) is 7.80. The van der Waals surface area contributed by atoms with Gasteiger partial charge in [0, 0.05) is 19.2 Å². The van der Waals surface area contributed by atoms with Gasteiger partial charge in [0.25, 0.3) is 5.91 Å². The Morgan fingerprint density at radius 2 is 1.55 bits per heavy atom.